The Morgan fingerprint density at radius 1 is 1.31 bits per heavy atom. The molecule has 1 aromatic carbocycles. The van der Waals surface area contributed by atoms with Gasteiger partial charge in [0.05, 0.1) is 12.6 Å². The van der Waals surface area contributed by atoms with Crippen molar-refractivity contribution < 1.29 is 9.50 Å². The number of aliphatic hydroxyl groups is 1. The Morgan fingerprint density at radius 3 is 2.54 bits per heavy atom. The van der Waals surface area contributed by atoms with Crippen molar-refractivity contribution in [2.75, 3.05) is 39.3 Å². The largest absolute Gasteiger partial charge is 0.386 e. The zero-order valence-electron chi connectivity index (χ0n) is 16.0. The summed E-state index contributed by atoms with van der Waals surface area (Å²) in [5.74, 6) is 0.547. The van der Waals surface area contributed by atoms with Gasteiger partial charge >= 0.3 is 0 Å². The fourth-order valence-corrected chi connectivity index (χ4v) is 3.36. The molecule has 26 heavy (non-hydrogen) atoms. The van der Waals surface area contributed by atoms with Crippen LogP contribution >= 0.6 is 24.0 Å². The van der Waals surface area contributed by atoms with Crippen LogP contribution in [0.15, 0.2) is 29.3 Å². The number of hydrogen-bond donors (Lipinski definition) is 2. The van der Waals surface area contributed by atoms with Crippen molar-refractivity contribution >= 4 is 29.9 Å². The summed E-state index contributed by atoms with van der Waals surface area (Å²) in [6, 6.07) is 6.50. The number of aliphatic imine (C=N–C) groups is 1. The minimum absolute atomic E-state index is 0. The molecule has 1 heterocycles. The van der Waals surface area contributed by atoms with Gasteiger partial charge in [-0.3, -0.25) is 9.89 Å². The van der Waals surface area contributed by atoms with E-state index in [1.165, 1.54) is 12.1 Å². The van der Waals surface area contributed by atoms with Gasteiger partial charge in [0.2, 0.25) is 0 Å². The standard InChI is InChI=1S/C19H31FN4O.HI/c1-4-21-19(24-12-11-17(14-24)23(5-2)6-3)22-13-18(25)15-7-9-16(20)10-8-15;/h7-10,17-18,25H,4-6,11-14H2,1-3H3,(H,21,22);1H. The summed E-state index contributed by atoms with van der Waals surface area (Å²) in [7, 11) is 0. The normalized spacial score (nSPS) is 18.8. The van der Waals surface area contributed by atoms with Crippen LogP contribution in [-0.4, -0.2) is 66.2 Å². The number of guanidine groups is 1. The molecule has 0 aromatic heterocycles. The van der Waals surface area contributed by atoms with Crippen molar-refractivity contribution in [3.63, 3.8) is 0 Å². The number of aliphatic hydroxyl groups excluding tert-OH is 1. The van der Waals surface area contributed by atoms with E-state index in [4.69, 9.17) is 0 Å². The summed E-state index contributed by atoms with van der Waals surface area (Å²) < 4.78 is 13.0. The van der Waals surface area contributed by atoms with Gasteiger partial charge in [-0.05, 0) is 44.1 Å². The zero-order chi connectivity index (χ0) is 18.2. The molecule has 1 aromatic rings. The summed E-state index contributed by atoms with van der Waals surface area (Å²) in [6.45, 7) is 11.6. The second-order valence-corrected chi connectivity index (χ2v) is 6.37. The van der Waals surface area contributed by atoms with E-state index in [9.17, 15) is 9.50 Å². The Kier molecular flexibility index (Phi) is 10.4. The average molecular weight is 478 g/mol. The summed E-state index contributed by atoms with van der Waals surface area (Å²) in [5, 5.41) is 13.6. The van der Waals surface area contributed by atoms with E-state index in [1.807, 2.05) is 6.92 Å². The first-order valence-electron chi connectivity index (χ1n) is 9.29. The number of likely N-dealkylation sites (tertiary alicyclic amines) is 1. The minimum Gasteiger partial charge on any atom is -0.386 e. The molecule has 0 amide bonds. The molecular weight excluding hydrogens is 446 g/mol. The fourth-order valence-electron chi connectivity index (χ4n) is 3.36. The van der Waals surface area contributed by atoms with E-state index < -0.39 is 6.10 Å². The first-order valence-corrected chi connectivity index (χ1v) is 9.29. The molecule has 0 saturated carbocycles. The Balaban J connectivity index is 0.00000338. The lowest BCUT2D eigenvalue weighted by atomic mass is 10.1. The summed E-state index contributed by atoms with van der Waals surface area (Å²) in [5.41, 5.74) is 0.684. The van der Waals surface area contributed by atoms with Crippen LogP contribution in [0, 0.1) is 5.82 Å². The molecule has 2 rings (SSSR count). The first kappa shape index (κ1) is 23.1. The lowest BCUT2D eigenvalue weighted by Gasteiger charge is -2.27. The van der Waals surface area contributed by atoms with Crippen LogP contribution in [-0.2, 0) is 0 Å². The molecule has 5 nitrogen and oxygen atoms in total. The second-order valence-electron chi connectivity index (χ2n) is 6.37. The molecule has 0 radical (unpaired) electrons. The van der Waals surface area contributed by atoms with Gasteiger partial charge < -0.3 is 15.3 Å². The highest BCUT2D eigenvalue weighted by Gasteiger charge is 2.28. The van der Waals surface area contributed by atoms with Crippen molar-refractivity contribution in [2.45, 2.75) is 39.3 Å². The number of halogens is 2. The third-order valence-electron chi connectivity index (χ3n) is 4.80. The monoisotopic (exact) mass is 478 g/mol. The second kappa shape index (κ2) is 11.7. The van der Waals surface area contributed by atoms with Crippen molar-refractivity contribution in [1.82, 2.24) is 15.1 Å². The van der Waals surface area contributed by atoms with Crippen LogP contribution in [0.2, 0.25) is 0 Å². The van der Waals surface area contributed by atoms with Crippen molar-refractivity contribution in [1.29, 1.82) is 0 Å². The molecule has 1 aliphatic rings. The molecule has 2 atom stereocenters. The highest BCUT2D eigenvalue weighted by atomic mass is 127. The van der Waals surface area contributed by atoms with Gasteiger partial charge in [0, 0.05) is 25.7 Å². The molecule has 0 spiro atoms. The minimum atomic E-state index is -0.726. The Bertz CT molecular complexity index is 551. The quantitative estimate of drug-likeness (QED) is 0.360. The van der Waals surface area contributed by atoms with Crippen LogP contribution in [0.5, 0.6) is 0 Å². The van der Waals surface area contributed by atoms with Crippen LogP contribution in [0.1, 0.15) is 38.9 Å². The highest BCUT2D eigenvalue weighted by Crippen LogP contribution is 2.17. The Labute approximate surface area is 173 Å². The van der Waals surface area contributed by atoms with Gasteiger partial charge in [0.1, 0.15) is 5.82 Å². The van der Waals surface area contributed by atoms with Gasteiger partial charge in [-0.2, -0.15) is 0 Å². The third-order valence-corrected chi connectivity index (χ3v) is 4.80. The van der Waals surface area contributed by atoms with Crippen molar-refractivity contribution in [3.05, 3.63) is 35.6 Å². The molecule has 1 fully saturated rings. The van der Waals surface area contributed by atoms with Crippen LogP contribution in [0.3, 0.4) is 0 Å². The van der Waals surface area contributed by atoms with Crippen LogP contribution < -0.4 is 5.32 Å². The number of rotatable bonds is 7. The Morgan fingerprint density at radius 2 is 1.96 bits per heavy atom. The molecule has 1 aliphatic heterocycles. The predicted molar refractivity (Wildman–Crippen MR) is 116 cm³/mol. The molecule has 148 valence electrons. The molecular formula is C19H32FIN4O. The SMILES string of the molecule is CCNC(=NCC(O)c1ccc(F)cc1)N1CCC(N(CC)CC)C1.I. The smallest absolute Gasteiger partial charge is 0.194 e. The van der Waals surface area contributed by atoms with E-state index in [0.717, 1.165) is 45.1 Å². The first-order chi connectivity index (χ1) is 12.1. The zero-order valence-corrected chi connectivity index (χ0v) is 18.3. The van der Waals surface area contributed by atoms with Gasteiger partial charge in [0.25, 0.3) is 0 Å². The average Bonchev–Trinajstić information content (AvgIpc) is 3.09. The number of hydrogen-bond acceptors (Lipinski definition) is 3. The molecule has 7 heteroatoms. The number of likely N-dealkylation sites (N-methyl/N-ethyl adjacent to an activating group) is 1. The third kappa shape index (κ3) is 6.35. The van der Waals surface area contributed by atoms with E-state index in [0.29, 0.717) is 11.6 Å². The maximum Gasteiger partial charge on any atom is 0.194 e. The maximum atomic E-state index is 13.0. The fraction of sp³-hybridized carbons (Fsp3) is 0.632. The molecule has 2 unspecified atom stereocenters. The van der Waals surface area contributed by atoms with E-state index >= 15 is 0 Å². The number of nitrogens with one attached hydrogen (secondary N) is 1. The molecule has 0 bridgehead atoms. The molecule has 2 N–H and O–H groups in total. The topological polar surface area (TPSA) is 51.1 Å². The van der Waals surface area contributed by atoms with Gasteiger partial charge in [-0.25, -0.2) is 4.39 Å². The van der Waals surface area contributed by atoms with E-state index in [1.54, 1.807) is 12.1 Å². The molecule has 1 saturated heterocycles. The van der Waals surface area contributed by atoms with E-state index in [2.05, 4.69) is 34.0 Å². The van der Waals surface area contributed by atoms with Gasteiger partial charge in [-0.1, -0.05) is 26.0 Å². The van der Waals surface area contributed by atoms with E-state index in [-0.39, 0.29) is 36.3 Å². The van der Waals surface area contributed by atoms with Crippen LogP contribution in [0.4, 0.5) is 4.39 Å². The van der Waals surface area contributed by atoms with Crippen molar-refractivity contribution in [2.24, 2.45) is 4.99 Å². The summed E-state index contributed by atoms with van der Waals surface area (Å²) >= 11 is 0. The summed E-state index contributed by atoms with van der Waals surface area (Å²) in [6.07, 6.45) is 0.405. The Hall–Kier alpha value is -0.930. The summed E-state index contributed by atoms with van der Waals surface area (Å²) in [4.78, 5) is 9.36. The van der Waals surface area contributed by atoms with Gasteiger partial charge in [-0.15, -0.1) is 24.0 Å². The molecule has 0 aliphatic carbocycles. The number of benzene rings is 1. The van der Waals surface area contributed by atoms with Crippen molar-refractivity contribution in [3.8, 4) is 0 Å². The lowest BCUT2D eigenvalue weighted by Crippen LogP contribution is -2.43. The lowest BCUT2D eigenvalue weighted by molar-refractivity contribution is 0.186. The predicted octanol–water partition coefficient (Wildman–Crippen LogP) is 2.86. The number of nitrogens with zero attached hydrogens (tertiary/aromatic N) is 3. The highest BCUT2D eigenvalue weighted by molar-refractivity contribution is 14.0. The van der Waals surface area contributed by atoms with Gasteiger partial charge in [0.15, 0.2) is 5.96 Å². The maximum absolute atomic E-state index is 13.0. The van der Waals surface area contributed by atoms with Crippen LogP contribution in [0.25, 0.3) is 0 Å².